The molecule has 0 aromatic heterocycles. The average molecular weight is 233 g/mol. The second-order valence-electron chi connectivity index (χ2n) is 4.30. The Hall–Kier alpha value is 0.0700. The maximum Gasteiger partial charge on any atom is 0.0691 e. The van der Waals surface area contributed by atoms with Crippen LogP contribution < -0.4 is 5.73 Å². The first-order chi connectivity index (χ1) is 7.15. The van der Waals surface area contributed by atoms with Crippen molar-refractivity contribution in [2.45, 2.75) is 56.9 Å². The van der Waals surface area contributed by atoms with Crippen LogP contribution in [0.4, 0.5) is 0 Å². The van der Waals surface area contributed by atoms with Gasteiger partial charge in [-0.3, -0.25) is 4.21 Å². The van der Waals surface area contributed by atoms with Gasteiger partial charge in [0.1, 0.15) is 0 Å². The van der Waals surface area contributed by atoms with Crippen molar-refractivity contribution in [3.05, 3.63) is 0 Å². The van der Waals surface area contributed by atoms with Crippen LogP contribution in [-0.4, -0.2) is 34.0 Å². The van der Waals surface area contributed by atoms with Crippen LogP contribution in [0, 0.1) is 0 Å². The number of ether oxygens (including phenoxy) is 1. The maximum absolute atomic E-state index is 11.9. The van der Waals surface area contributed by atoms with Crippen LogP contribution in [-0.2, 0) is 15.5 Å². The second kappa shape index (κ2) is 6.61. The molecule has 1 fully saturated rings. The quantitative estimate of drug-likeness (QED) is 0.755. The molecule has 4 atom stereocenters. The van der Waals surface area contributed by atoms with Crippen molar-refractivity contribution in [2.24, 2.45) is 5.73 Å². The highest BCUT2D eigenvalue weighted by Crippen LogP contribution is 2.19. The van der Waals surface area contributed by atoms with E-state index >= 15 is 0 Å². The van der Waals surface area contributed by atoms with Gasteiger partial charge in [0.25, 0.3) is 0 Å². The topological polar surface area (TPSA) is 52.3 Å². The standard InChI is InChI=1S/C11H23NO2S/c1-3-10(12)5-4-8-15(13)11-6-7-14-9(11)2/h9-11H,3-8,12H2,1-2H3. The minimum absolute atomic E-state index is 0.172. The summed E-state index contributed by atoms with van der Waals surface area (Å²) in [5, 5.41) is 0.253. The Labute approximate surface area is 95.2 Å². The van der Waals surface area contributed by atoms with Gasteiger partial charge in [-0.1, -0.05) is 6.92 Å². The van der Waals surface area contributed by atoms with E-state index in [4.69, 9.17) is 10.5 Å². The summed E-state index contributed by atoms with van der Waals surface area (Å²) < 4.78 is 17.3. The fourth-order valence-corrected chi connectivity index (χ4v) is 3.52. The Bertz CT molecular complexity index is 211. The average Bonchev–Trinajstić information content (AvgIpc) is 2.64. The van der Waals surface area contributed by atoms with E-state index in [0.717, 1.165) is 38.0 Å². The first-order valence-corrected chi connectivity index (χ1v) is 7.27. The Balaban J connectivity index is 2.18. The van der Waals surface area contributed by atoms with Gasteiger partial charge in [-0.2, -0.15) is 0 Å². The summed E-state index contributed by atoms with van der Waals surface area (Å²) in [5.74, 6) is 0.784. The van der Waals surface area contributed by atoms with E-state index < -0.39 is 10.8 Å². The van der Waals surface area contributed by atoms with Gasteiger partial charge >= 0.3 is 0 Å². The highest BCUT2D eigenvalue weighted by atomic mass is 32.2. The zero-order valence-electron chi connectivity index (χ0n) is 9.78. The van der Waals surface area contributed by atoms with Gasteiger partial charge in [-0.15, -0.1) is 0 Å². The Kier molecular flexibility index (Phi) is 5.79. The summed E-state index contributed by atoms with van der Waals surface area (Å²) in [7, 11) is -0.724. The minimum Gasteiger partial charge on any atom is -0.377 e. The van der Waals surface area contributed by atoms with E-state index in [0.29, 0.717) is 0 Å². The molecule has 0 bridgehead atoms. The molecule has 1 saturated heterocycles. The first kappa shape index (κ1) is 13.1. The SMILES string of the molecule is CCC(N)CCCS(=O)C1CCOC1C. The minimum atomic E-state index is -0.724. The molecule has 0 aliphatic carbocycles. The third kappa shape index (κ3) is 4.21. The lowest BCUT2D eigenvalue weighted by molar-refractivity contribution is 0.127. The number of hydrogen-bond acceptors (Lipinski definition) is 3. The molecule has 1 aliphatic rings. The molecule has 4 unspecified atom stereocenters. The Morgan fingerprint density at radius 1 is 1.60 bits per heavy atom. The van der Waals surface area contributed by atoms with Gasteiger partial charge in [0.2, 0.25) is 0 Å². The first-order valence-electron chi connectivity index (χ1n) is 5.89. The Morgan fingerprint density at radius 3 is 2.87 bits per heavy atom. The Morgan fingerprint density at radius 2 is 2.33 bits per heavy atom. The molecule has 0 aromatic carbocycles. The highest BCUT2D eigenvalue weighted by Gasteiger charge is 2.29. The second-order valence-corrected chi connectivity index (χ2v) is 6.07. The van der Waals surface area contributed by atoms with Crippen molar-refractivity contribution in [1.82, 2.24) is 0 Å². The smallest absolute Gasteiger partial charge is 0.0691 e. The molecule has 3 nitrogen and oxygen atoms in total. The zero-order valence-corrected chi connectivity index (χ0v) is 10.6. The zero-order chi connectivity index (χ0) is 11.3. The van der Waals surface area contributed by atoms with Gasteiger partial charge < -0.3 is 10.5 Å². The van der Waals surface area contributed by atoms with Crippen LogP contribution >= 0.6 is 0 Å². The normalized spacial score (nSPS) is 30.3. The predicted molar refractivity (Wildman–Crippen MR) is 64.3 cm³/mol. The van der Waals surface area contributed by atoms with Crippen LogP contribution in [0.3, 0.4) is 0 Å². The lowest BCUT2D eigenvalue weighted by atomic mass is 10.1. The molecular formula is C11H23NO2S. The van der Waals surface area contributed by atoms with Gasteiger partial charge in [-0.25, -0.2) is 0 Å². The summed E-state index contributed by atoms with van der Waals surface area (Å²) in [4.78, 5) is 0. The summed E-state index contributed by atoms with van der Waals surface area (Å²) in [6.45, 7) is 4.88. The molecule has 90 valence electrons. The van der Waals surface area contributed by atoms with E-state index in [9.17, 15) is 4.21 Å². The van der Waals surface area contributed by atoms with Crippen LogP contribution in [0.1, 0.15) is 39.5 Å². The summed E-state index contributed by atoms with van der Waals surface area (Å²) in [5.41, 5.74) is 5.82. The number of rotatable bonds is 6. The third-order valence-electron chi connectivity index (χ3n) is 3.09. The maximum atomic E-state index is 11.9. The van der Waals surface area contributed by atoms with E-state index in [1.54, 1.807) is 0 Å². The lowest BCUT2D eigenvalue weighted by Crippen LogP contribution is -2.26. The van der Waals surface area contributed by atoms with Crippen LogP contribution in [0.5, 0.6) is 0 Å². The molecule has 0 spiro atoms. The molecular weight excluding hydrogens is 210 g/mol. The molecule has 1 aliphatic heterocycles. The van der Waals surface area contributed by atoms with Crippen LogP contribution in [0.25, 0.3) is 0 Å². The van der Waals surface area contributed by atoms with Crippen LogP contribution in [0.15, 0.2) is 0 Å². The van der Waals surface area contributed by atoms with Gasteiger partial charge in [-0.05, 0) is 32.6 Å². The molecule has 1 rings (SSSR count). The molecule has 15 heavy (non-hydrogen) atoms. The number of hydrogen-bond donors (Lipinski definition) is 1. The molecule has 0 aromatic rings. The van der Waals surface area contributed by atoms with Gasteiger partial charge in [0.05, 0.1) is 11.4 Å². The van der Waals surface area contributed by atoms with E-state index in [1.807, 2.05) is 6.92 Å². The predicted octanol–water partition coefficient (Wildman–Crippen LogP) is 1.43. The highest BCUT2D eigenvalue weighted by molar-refractivity contribution is 7.85. The lowest BCUT2D eigenvalue weighted by Gasteiger charge is -2.14. The monoisotopic (exact) mass is 233 g/mol. The molecule has 2 N–H and O–H groups in total. The van der Waals surface area contributed by atoms with Crippen molar-refractivity contribution in [2.75, 3.05) is 12.4 Å². The fraction of sp³-hybridized carbons (Fsp3) is 1.00. The van der Waals surface area contributed by atoms with Crippen molar-refractivity contribution >= 4 is 10.8 Å². The largest absolute Gasteiger partial charge is 0.377 e. The summed E-state index contributed by atoms with van der Waals surface area (Å²) in [6.07, 6.45) is 4.10. The van der Waals surface area contributed by atoms with E-state index in [-0.39, 0.29) is 17.4 Å². The molecule has 0 radical (unpaired) electrons. The molecule has 4 heteroatoms. The third-order valence-corrected chi connectivity index (χ3v) is 5.07. The van der Waals surface area contributed by atoms with Crippen molar-refractivity contribution in [1.29, 1.82) is 0 Å². The van der Waals surface area contributed by atoms with Crippen LogP contribution in [0.2, 0.25) is 0 Å². The van der Waals surface area contributed by atoms with E-state index in [1.165, 1.54) is 0 Å². The molecule has 0 amide bonds. The van der Waals surface area contributed by atoms with Crippen molar-refractivity contribution in [3.63, 3.8) is 0 Å². The molecule has 0 saturated carbocycles. The molecule has 1 heterocycles. The van der Waals surface area contributed by atoms with Crippen molar-refractivity contribution in [3.8, 4) is 0 Å². The fourth-order valence-electron chi connectivity index (χ4n) is 1.90. The van der Waals surface area contributed by atoms with Gasteiger partial charge in [0.15, 0.2) is 0 Å². The van der Waals surface area contributed by atoms with Gasteiger partial charge in [0, 0.05) is 29.2 Å². The number of nitrogens with two attached hydrogens (primary N) is 1. The summed E-state index contributed by atoms with van der Waals surface area (Å²) in [6, 6.07) is 0.277. The van der Waals surface area contributed by atoms with Crippen molar-refractivity contribution < 1.29 is 8.95 Å². The summed E-state index contributed by atoms with van der Waals surface area (Å²) >= 11 is 0. The van der Waals surface area contributed by atoms with E-state index in [2.05, 4.69) is 6.92 Å².